The van der Waals surface area contributed by atoms with Crippen LogP contribution in [0.15, 0.2) is 22.7 Å². The van der Waals surface area contributed by atoms with Crippen LogP contribution in [0.1, 0.15) is 24.2 Å². The van der Waals surface area contributed by atoms with Gasteiger partial charge < -0.3 is 9.84 Å². The summed E-state index contributed by atoms with van der Waals surface area (Å²) in [5.41, 5.74) is 0.446. The number of rotatable bonds is 3. The lowest BCUT2D eigenvalue weighted by Gasteiger charge is -2.10. The van der Waals surface area contributed by atoms with Crippen LogP contribution >= 0.6 is 15.9 Å². The van der Waals surface area contributed by atoms with E-state index in [0.717, 1.165) is 0 Å². The molecule has 1 aromatic rings. The van der Waals surface area contributed by atoms with Gasteiger partial charge in [-0.25, -0.2) is 9.59 Å². The molecule has 1 amide bonds. The van der Waals surface area contributed by atoms with Crippen molar-refractivity contribution in [2.75, 3.05) is 5.32 Å². The van der Waals surface area contributed by atoms with Crippen LogP contribution in [-0.2, 0) is 4.74 Å². The number of hydrogen-bond donors (Lipinski definition) is 2. The highest BCUT2D eigenvalue weighted by Crippen LogP contribution is 2.20. The van der Waals surface area contributed by atoms with Crippen LogP contribution in [-0.4, -0.2) is 23.3 Å². The van der Waals surface area contributed by atoms with Crippen molar-refractivity contribution in [3.8, 4) is 0 Å². The first kappa shape index (κ1) is 13.5. The van der Waals surface area contributed by atoms with Gasteiger partial charge in [-0.05, 0) is 32.0 Å². The SMILES string of the molecule is CC(C)OC(=O)Nc1cc(Br)cc(C(=O)O)c1. The molecule has 1 rings (SSSR count). The molecule has 0 aliphatic heterocycles. The average Bonchev–Trinajstić information content (AvgIpc) is 2.14. The first-order chi connectivity index (χ1) is 7.88. The molecule has 17 heavy (non-hydrogen) atoms. The first-order valence-corrected chi connectivity index (χ1v) is 5.69. The van der Waals surface area contributed by atoms with Crippen LogP contribution in [0.3, 0.4) is 0 Å². The van der Waals surface area contributed by atoms with Crippen molar-refractivity contribution in [3.05, 3.63) is 28.2 Å². The minimum absolute atomic E-state index is 0.0826. The number of anilines is 1. The maximum atomic E-state index is 11.3. The number of ether oxygens (including phenoxy) is 1. The molecule has 6 heteroatoms. The van der Waals surface area contributed by atoms with E-state index >= 15 is 0 Å². The fourth-order valence-corrected chi connectivity index (χ4v) is 1.64. The van der Waals surface area contributed by atoms with Gasteiger partial charge in [0, 0.05) is 10.2 Å². The van der Waals surface area contributed by atoms with E-state index in [4.69, 9.17) is 9.84 Å². The van der Waals surface area contributed by atoms with Gasteiger partial charge in [-0.3, -0.25) is 5.32 Å². The number of carboxylic acids is 1. The molecule has 5 nitrogen and oxygen atoms in total. The largest absolute Gasteiger partial charge is 0.478 e. The van der Waals surface area contributed by atoms with Crippen LogP contribution in [0.2, 0.25) is 0 Å². The lowest BCUT2D eigenvalue weighted by molar-refractivity contribution is 0.0696. The highest BCUT2D eigenvalue weighted by Gasteiger charge is 2.09. The zero-order valence-electron chi connectivity index (χ0n) is 9.36. The molecule has 0 aromatic heterocycles. The van der Waals surface area contributed by atoms with Crippen LogP contribution in [0.25, 0.3) is 0 Å². The smallest absolute Gasteiger partial charge is 0.411 e. The highest BCUT2D eigenvalue weighted by molar-refractivity contribution is 9.10. The molecule has 0 aliphatic rings. The third-order valence-electron chi connectivity index (χ3n) is 1.73. The number of carboxylic acid groups (broad SMARTS) is 1. The Morgan fingerprint density at radius 1 is 1.35 bits per heavy atom. The molecular weight excluding hydrogens is 290 g/mol. The molecular formula is C11H12BrNO4. The topological polar surface area (TPSA) is 75.6 Å². The van der Waals surface area contributed by atoms with Crippen LogP contribution in [0.5, 0.6) is 0 Å². The summed E-state index contributed by atoms with van der Waals surface area (Å²) in [6.45, 7) is 3.45. The van der Waals surface area contributed by atoms with Crippen molar-refractivity contribution in [1.82, 2.24) is 0 Å². The van der Waals surface area contributed by atoms with Crippen LogP contribution in [0.4, 0.5) is 10.5 Å². The van der Waals surface area contributed by atoms with Crippen LogP contribution < -0.4 is 5.32 Å². The van der Waals surface area contributed by atoms with Crippen molar-refractivity contribution in [2.24, 2.45) is 0 Å². The zero-order valence-corrected chi connectivity index (χ0v) is 10.9. The Balaban J connectivity index is 2.84. The van der Waals surface area contributed by atoms with E-state index in [2.05, 4.69) is 21.2 Å². The van der Waals surface area contributed by atoms with E-state index in [1.807, 2.05) is 0 Å². The molecule has 0 unspecified atom stereocenters. The number of nitrogens with one attached hydrogen (secondary N) is 1. The third kappa shape index (κ3) is 4.44. The summed E-state index contributed by atoms with van der Waals surface area (Å²) >= 11 is 3.17. The van der Waals surface area contributed by atoms with E-state index < -0.39 is 12.1 Å². The number of hydrogen-bond acceptors (Lipinski definition) is 3. The van der Waals surface area contributed by atoms with Gasteiger partial charge in [0.2, 0.25) is 0 Å². The molecule has 0 saturated carbocycles. The molecule has 0 heterocycles. The van der Waals surface area contributed by atoms with Crippen LogP contribution in [0, 0.1) is 0 Å². The van der Waals surface area contributed by atoms with E-state index in [9.17, 15) is 9.59 Å². The van der Waals surface area contributed by atoms with E-state index in [-0.39, 0.29) is 11.7 Å². The molecule has 0 bridgehead atoms. The lowest BCUT2D eigenvalue weighted by atomic mass is 10.2. The minimum atomic E-state index is -1.06. The average molecular weight is 302 g/mol. The monoisotopic (exact) mass is 301 g/mol. The molecule has 0 atom stereocenters. The van der Waals surface area contributed by atoms with Gasteiger partial charge in [0.25, 0.3) is 0 Å². The molecule has 1 aromatic carbocycles. The van der Waals surface area contributed by atoms with Crippen molar-refractivity contribution >= 4 is 33.7 Å². The number of carbonyl (C=O) groups is 2. The number of amides is 1. The number of aromatic carboxylic acids is 1. The molecule has 0 radical (unpaired) electrons. The second kappa shape index (κ2) is 5.67. The van der Waals surface area contributed by atoms with E-state index in [0.29, 0.717) is 10.2 Å². The standard InChI is InChI=1S/C11H12BrNO4/c1-6(2)17-11(16)13-9-4-7(10(14)15)3-8(12)5-9/h3-6H,1-2H3,(H,13,16)(H,14,15). The van der Waals surface area contributed by atoms with Crippen molar-refractivity contribution in [2.45, 2.75) is 20.0 Å². The molecule has 0 saturated heterocycles. The lowest BCUT2D eigenvalue weighted by Crippen LogP contribution is -2.18. The highest BCUT2D eigenvalue weighted by atomic mass is 79.9. The molecule has 2 N–H and O–H groups in total. The normalized spacial score (nSPS) is 10.1. The Bertz CT molecular complexity index is 445. The Hall–Kier alpha value is -1.56. The van der Waals surface area contributed by atoms with Crippen molar-refractivity contribution in [1.29, 1.82) is 0 Å². The summed E-state index contributed by atoms with van der Waals surface area (Å²) in [5, 5.41) is 11.3. The Labute approximate surface area is 107 Å². The van der Waals surface area contributed by atoms with Crippen molar-refractivity contribution < 1.29 is 19.4 Å². The van der Waals surface area contributed by atoms with Crippen molar-refractivity contribution in [3.63, 3.8) is 0 Å². The second-order valence-electron chi connectivity index (χ2n) is 3.61. The van der Waals surface area contributed by atoms with Gasteiger partial charge in [-0.15, -0.1) is 0 Å². The van der Waals surface area contributed by atoms with E-state index in [1.54, 1.807) is 19.9 Å². The quantitative estimate of drug-likeness (QED) is 0.899. The summed E-state index contributed by atoms with van der Waals surface area (Å²) < 4.78 is 5.45. The summed E-state index contributed by atoms with van der Waals surface area (Å²) in [5.74, 6) is -1.06. The van der Waals surface area contributed by atoms with E-state index in [1.165, 1.54) is 12.1 Å². The maximum Gasteiger partial charge on any atom is 0.411 e. The Kier molecular flexibility index (Phi) is 4.51. The minimum Gasteiger partial charge on any atom is -0.478 e. The van der Waals surface area contributed by atoms with Gasteiger partial charge in [0.1, 0.15) is 0 Å². The number of carbonyl (C=O) groups excluding carboxylic acids is 1. The van der Waals surface area contributed by atoms with Gasteiger partial charge in [0.05, 0.1) is 11.7 Å². The molecule has 0 fully saturated rings. The number of benzene rings is 1. The van der Waals surface area contributed by atoms with Gasteiger partial charge in [-0.2, -0.15) is 0 Å². The predicted octanol–water partition coefficient (Wildman–Crippen LogP) is 3.10. The number of halogens is 1. The fraction of sp³-hybridized carbons (Fsp3) is 0.273. The fourth-order valence-electron chi connectivity index (χ4n) is 1.15. The predicted molar refractivity (Wildman–Crippen MR) is 66.3 cm³/mol. The Morgan fingerprint density at radius 2 is 2.00 bits per heavy atom. The first-order valence-electron chi connectivity index (χ1n) is 4.90. The Morgan fingerprint density at radius 3 is 2.53 bits per heavy atom. The summed E-state index contributed by atoms with van der Waals surface area (Å²) in [6.07, 6.45) is -0.851. The third-order valence-corrected chi connectivity index (χ3v) is 2.19. The summed E-state index contributed by atoms with van der Waals surface area (Å²) in [6, 6.07) is 4.39. The van der Waals surface area contributed by atoms with Gasteiger partial charge >= 0.3 is 12.1 Å². The molecule has 92 valence electrons. The molecule has 0 aliphatic carbocycles. The summed E-state index contributed by atoms with van der Waals surface area (Å²) in [7, 11) is 0. The maximum absolute atomic E-state index is 11.3. The molecule has 0 spiro atoms. The summed E-state index contributed by atoms with van der Waals surface area (Å²) in [4.78, 5) is 22.1. The second-order valence-corrected chi connectivity index (χ2v) is 4.53. The van der Waals surface area contributed by atoms with Gasteiger partial charge in [0.15, 0.2) is 0 Å². The van der Waals surface area contributed by atoms with Gasteiger partial charge in [-0.1, -0.05) is 15.9 Å². The zero-order chi connectivity index (χ0) is 13.0.